The smallest absolute Gasteiger partial charge is 0.139 e. The van der Waals surface area contributed by atoms with Crippen molar-refractivity contribution in [1.29, 1.82) is 0 Å². The van der Waals surface area contributed by atoms with Crippen LogP contribution in [0.15, 0.2) is 0 Å². The Bertz CT molecular complexity index is 419. The molecular weight excluding hydrogens is 284 g/mol. The highest BCUT2D eigenvalue weighted by atomic mass is 16.5. The van der Waals surface area contributed by atoms with Gasteiger partial charge in [0.25, 0.3) is 0 Å². The molecule has 1 spiro atoms. The quantitative estimate of drug-likeness (QED) is 0.708. The third kappa shape index (κ3) is 5.21. The first kappa shape index (κ1) is 18.8. The summed E-state index contributed by atoms with van der Waals surface area (Å²) >= 11 is 0. The van der Waals surface area contributed by atoms with Gasteiger partial charge in [-0.1, -0.05) is 6.92 Å². The fourth-order valence-electron chi connectivity index (χ4n) is 4.48. The standard InChI is InChI=1S/C20H36N2O/c1-5-19(4)17-20(12-16-23-19)11-10-15-22(18-20)14-9-8-13-21(6-2)7-3/h5-7,10-18H2,1-4H3/p+2/t19-,20-/m0/s1. The Kier molecular flexibility index (Phi) is 6.95. The summed E-state index contributed by atoms with van der Waals surface area (Å²) in [5.74, 6) is 6.89. The molecular formula is C20H38N2O+2. The van der Waals surface area contributed by atoms with Gasteiger partial charge in [0.05, 0.1) is 31.8 Å². The molecule has 2 rings (SSSR count). The molecule has 0 amide bonds. The second-order valence-electron chi connectivity index (χ2n) is 8.02. The number of rotatable bonds is 5. The van der Waals surface area contributed by atoms with E-state index in [1.807, 2.05) is 0 Å². The van der Waals surface area contributed by atoms with Crippen LogP contribution in [0, 0.1) is 17.3 Å². The first-order valence-electron chi connectivity index (χ1n) is 9.81. The van der Waals surface area contributed by atoms with Crippen LogP contribution in [-0.2, 0) is 4.74 Å². The highest BCUT2D eigenvalue weighted by Gasteiger charge is 2.46. The van der Waals surface area contributed by atoms with Crippen LogP contribution in [0.4, 0.5) is 0 Å². The largest absolute Gasteiger partial charge is 0.375 e. The zero-order chi connectivity index (χ0) is 16.8. The van der Waals surface area contributed by atoms with E-state index in [1.165, 1.54) is 51.9 Å². The lowest BCUT2D eigenvalue weighted by atomic mass is 9.68. The minimum Gasteiger partial charge on any atom is -0.375 e. The van der Waals surface area contributed by atoms with Gasteiger partial charge < -0.3 is 14.5 Å². The van der Waals surface area contributed by atoms with Gasteiger partial charge in [0.15, 0.2) is 0 Å². The summed E-state index contributed by atoms with van der Waals surface area (Å²) in [6.07, 6.45) is 6.39. The molecule has 0 aromatic carbocycles. The van der Waals surface area contributed by atoms with Crippen LogP contribution in [0.2, 0.25) is 0 Å². The van der Waals surface area contributed by atoms with Crippen LogP contribution in [0.3, 0.4) is 0 Å². The molecule has 0 aromatic heterocycles. The lowest BCUT2D eigenvalue weighted by Gasteiger charge is -2.48. The summed E-state index contributed by atoms with van der Waals surface area (Å²) in [7, 11) is 0. The molecule has 2 aliphatic rings. The minimum absolute atomic E-state index is 0.110. The Balaban J connectivity index is 1.87. The third-order valence-electron chi connectivity index (χ3n) is 6.24. The van der Waals surface area contributed by atoms with E-state index >= 15 is 0 Å². The maximum Gasteiger partial charge on any atom is 0.139 e. The minimum atomic E-state index is 0.110. The van der Waals surface area contributed by atoms with Crippen LogP contribution in [-0.4, -0.2) is 51.5 Å². The average Bonchev–Trinajstić information content (AvgIpc) is 2.55. The Morgan fingerprint density at radius 3 is 2.61 bits per heavy atom. The molecule has 2 aliphatic heterocycles. The second-order valence-corrected chi connectivity index (χ2v) is 8.02. The fraction of sp³-hybridized carbons (Fsp3) is 0.900. The van der Waals surface area contributed by atoms with Gasteiger partial charge in [-0.15, -0.1) is 0 Å². The Morgan fingerprint density at radius 1 is 1.13 bits per heavy atom. The number of ether oxygens (including phenoxy) is 1. The summed E-state index contributed by atoms with van der Waals surface area (Å²) in [4.78, 5) is 3.30. The number of hydrogen-bond donors (Lipinski definition) is 2. The van der Waals surface area contributed by atoms with Crippen molar-refractivity contribution in [3.63, 3.8) is 0 Å². The normalized spacial score (nSPS) is 34.4. The molecule has 3 nitrogen and oxygen atoms in total. The van der Waals surface area contributed by atoms with E-state index in [4.69, 9.17) is 4.74 Å². The number of quaternary nitrogens is 2. The molecule has 2 fully saturated rings. The molecule has 2 N–H and O–H groups in total. The Labute approximate surface area is 143 Å². The Morgan fingerprint density at radius 2 is 1.91 bits per heavy atom. The molecule has 0 radical (unpaired) electrons. The molecule has 3 heteroatoms. The lowest BCUT2D eigenvalue weighted by molar-refractivity contribution is -0.906. The van der Waals surface area contributed by atoms with Crippen molar-refractivity contribution in [2.24, 2.45) is 5.41 Å². The molecule has 0 aromatic rings. The highest BCUT2D eigenvalue weighted by Crippen LogP contribution is 2.43. The summed E-state index contributed by atoms with van der Waals surface area (Å²) in [6, 6.07) is 0. The number of likely N-dealkylation sites (tertiary alicyclic amines) is 1. The average molecular weight is 323 g/mol. The van der Waals surface area contributed by atoms with Crippen molar-refractivity contribution in [2.45, 2.75) is 65.4 Å². The van der Waals surface area contributed by atoms with E-state index in [2.05, 4.69) is 39.5 Å². The van der Waals surface area contributed by atoms with Crippen molar-refractivity contribution in [2.75, 3.05) is 45.9 Å². The molecule has 0 bridgehead atoms. The van der Waals surface area contributed by atoms with Gasteiger partial charge >= 0.3 is 0 Å². The van der Waals surface area contributed by atoms with E-state index in [0.29, 0.717) is 5.41 Å². The Hall–Kier alpha value is -0.560. The molecule has 0 aliphatic carbocycles. The molecule has 3 atom stereocenters. The topological polar surface area (TPSA) is 18.1 Å². The predicted molar refractivity (Wildman–Crippen MR) is 95.8 cm³/mol. The van der Waals surface area contributed by atoms with Crippen molar-refractivity contribution in [1.82, 2.24) is 0 Å². The molecule has 132 valence electrons. The number of piperidine rings is 1. The summed E-state index contributed by atoms with van der Waals surface area (Å²) in [6.45, 7) is 17.0. The van der Waals surface area contributed by atoms with Crippen LogP contribution in [0.5, 0.6) is 0 Å². The van der Waals surface area contributed by atoms with Crippen molar-refractivity contribution >= 4 is 0 Å². The van der Waals surface area contributed by atoms with E-state index in [-0.39, 0.29) is 5.60 Å². The number of nitrogens with one attached hydrogen (secondary N) is 2. The van der Waals surface area contributed by atoms with E-state index in [9.17, 15) is 0 Å². The van der Waals surface area contributed by atoms with Crippen molar-refractivity contribution in [3.8, 4) is 11.8 Å². The zero-order valence-corrected chi connectivity index (χ0v) is 15.9. The van der Waals surface area contributed by atoms with Crippen molar-refractivity contribution < 1.29 is 14.5 Å². The van der Waals surface area contributed by atoms with E-state index in [0.717, 1.165) is 26.1 Å². The molecule has 2 saturated heterocycles. The van der Waals surface area contributed by atoms with E-state index < -0.39 is 0 Å². The monoisotopic (exact) mass is 322 g/mol. The van der Waals surface area contributed by atoms with Gasteiger partial charge in [-0.25, -0.2) is 0 Å². The van der Waals surface area contributed by atoms with Crippen LogP contribution < -0.4 is 9.80 Å². The van der Waals surface area contributed by atoms with Gasteiger partial charge in [0, 0.05) is 12.0 Å². The first-order valence-corrected chi connectivity index (χ1v) is 9.81. The zero-order valence-electron chi connectivity index (χ0n) is 15.9. The van der Waals surface area contributed by atoms with Crippen LogP contribution in [0.1, 0.15) is 59.8 Å². The first-order chi connectivity index (χ1) is 11.0. The summed E-state index contributed by atoms with van der Waals surface area (Å²) < 4.78 is 6.09. The van der Waals surface area contributed by atoms with Gasteiger partial charge in [0.2, 0.25) is 0 Å². The second kappa shape index (κ2) is 8.51. The van der Waals surface area contributed by atoms with Gasteiger partial charge in [-0.2, -0.15) is 0 Å². The lowest BCUT2D eigenvalue weighted by Crippen LogP contribution is -3.14. The van der Waals surface area contributed by atoms with E-state index in [1.54, 1.807) is 9.80 Å². The van der Waals surface area contributed by atoms with Crippen LogP contribution >= 0.6 is 0 Å². The third-order valence-corrected chi connectivity index (χ3v) is 6.24. The summed E-state index contributed by atoms with van der Waals surface area (Å²) in [5.41, 5.74) is 0.626. The highest BCUT2D eigenvalue weighted by molar-refractivity contribution is 4.99. The maximum absolute atomic E-state index is 6.09. The molecule has 23 heavy (non-hydrogen) atoms. The van der Waals surface area contributed by atoms with Crippen LogP contribution in [0.25, 0.3) is 0 Å². The fourth-order valence-corrected chi connectivity index (χ4v) is 4.48. The maximum atomic E-state index is 6.09. The molecule has 2 heterocycles. The van der Waals surface area contributed by atoms with Gasteiger partial charge in [-0.05, 0) is 64.7 Å². The van der Waals surface area contributed by atoms with Crippen molar-refractivity contribution in [3.05, 3.63) is 0 Å². The number of hydrogen-bond acceptors (Lipinski definition) is 1. The van der Waals surface area contributed by atoms with Gasteiger partial charge in [-0.3, -0.25) is 0 Å². The molecule has 1 unspecified atom stereocenters. The SMILES string of the molecule is CC[NH+](CC)CC#CC[NH+]1CCC[C@@]2(CCO[C@@](C)(CC)C2)C1. The van der Waals surface area contributed by atoms with Gasteiger partial charge in [0.1, 0.15) is 13.1 Å². The summed E-state index contributed by atoms with van der Waals surface area (Å²) in [5, 5.41) is 0. The molecule has 0 saturated carbocycles. The predicted octanol–water partition coefficient (Wildman–Crippen LogP) is 0.559.